The molecule has 3 aliphatic rings. The van der Waals surface area contributed by atoms with E-state index >= 15 is 0 Å². The molecule has 158 valence electrons. The summed E-state index contributed by atoms with van der Waals surface area (Å²) in [5, 5.41) is 9.66. The zero-order chi connectivity index (χ0) is 20.4. The Morgan fingerprint density at radius 3 is 2.45 bits per heavy atom. The molecule has 1 aromatic carbocycles. The quantitative estimate of drug-likeness (QED) is 0.772. The van der Waals surface area contributed by atoms with Crippen molar-refractivity contribution >= 4 is 11.9 Å². The van der Waals surface area contributed by atoms with Gasteiger partial charge in [0.2, 0.25) is 0 Å². The highest BCUT2D eigenvalue weighted by Crippen LogP contribution is 2.43. The maximum Gasteiger partial charge on any atom is 0.312 e. The third kappa shape index (κ3) is 4.26. The number of methoxy groups -OCH3 is 1. The monoisotopic (exact) mass is 402 g/mol. The molecule has 1 unspecified atom stereocenters. The van der Waals surface area contributed by atoms with E-state index in [9.17, 15) is 14.7 Å². The van der Waals surface area contributed by atoms with Gasteiger partial charge in [0, 0.05) is 44.7 Å². The number of amides is 1. The van der Waals surface area contributed by atoms with Gasteiger partial charge in [-0.05, 0) is 49.9 Å². The number of piperidine rings is 2. The van der Waals surface area contributed by atoms with Crippen molar-refractivity contribution in [1.82, 2.24) is 9.80 Å². The van der Waals surface area contributed by atoms with Crippen LogP contribution in [0.5, 0.6) is 5.75 Å². The Bertz CT molecular complexity index is 734. The molecule has 29 heavy (non-hydrogen) atoms. The Kier molecular flexibility index (Phi) is 5.79. The van der Waals surface area contributed by atoms with Crippen LogP contribution < -0.4 is 4.74 Å². The van der Waals surface area contributed by atoms with E-state index in [0.29, 0.717) is 31.5 Å². The number of esters is 1. The molecule has 0 aromatic heterocycles. The number of carbonyl (C=O) groups is 2. The van der Waals surface area contributed by atoms with E-state index in [0.717, 1.165) is 44.6 Å². The second-order valence-electron chi connectivity index (χ2n) is 8.56. The fourth-order valence-corrected chi connectivity index (χ4v) is 4.79. The van der Waals surface area contributed by atoms with Crippen molar-refractivity contribution in [3.63, 3.8) is 0 Å². The summed E-state index contributed by atoms with van der Waals surface area (Å²) in [5.74, 6) is 0.621. The van der Waals surface area contributed by atoms with E-state index in [1.807, 2.05) is 4.90 Å². The summed E-state index contributed by atoms with van der Waals surface area (Å²) in [5.41, 5.74) is 0.192. The highest BCUT2D eigenvalue weighted by molar-refractivity contribution is 5.94. The fraction of sp³-hybridized carbons (Fsp3) is 0.636. The summed E-state index contributed by atoms with van der Waals surface area (Å²) < 4.78 is 10.9. The third-order valence-corrected chi connectivity index (χ3v) is 6.69. The SMILES string of the molecule is COc1ccc(C(=O)N2CCC3(CC2)CC(CN2CCC(O)CC2)OC3=O)cc1. The minimum Gasteiger partial charge on any atom is -0.497 e. The van der Waals surface area contributed by atoms with Crippen LogP contribution in [0, 0.1) is 5.41 Å². The second kappa shape index (κ2) is 8.32. The van der Waals surface area contributed by atoms with Crippen molar-refractivity contribution < 1.29 is 24.2 Å². The van der Waals surface area contributed by atoms with Crippen LogP contribution in [0.25, 0.3) is 0 Å². The number of rotatable bonds is 4. The molecule has 7 nitrogen and oxygen atoms in total. The predicted octanol–water partition coefficient (Wildman–Crippen LogP) is 1.69. The summed E-state index contributed by atoms with van der Waals surface area (Å²) >= 11 is 0. The van der Waals surface area contributed by atoms with Crippen LogP contribution in [-0.2, 0) is 9.53 Å². The lowest BCUT2D eigenvalue weighted by Gasteiger charge is -2.36. The molecule has 0 aliphatic carbocycles. The van der Waals surface area contributed by atoms with Crippen LogP contribution in [0.2, 0.25) is 0 Å². The Morgan fingerprint density at radius 1 is 1.17 bits per heavy atom. The molecule has 4 rings (SSSR count). The van der Waals surface area contributed by atoms with Crippen molar-refractivity contribution in [1.29, 1.82) is 0 Å². The molecule has 0 saturated carbocycles. The Hall–Kier alpha value is -2.12. The number of hydrogen-bond donors (Lipinski definition) is 1. The van der Waals surface area contributed by atoms with Crippen molar-refractivity contribution in [2.24, 2.45) is 5.41 Å². The van der Waals surface area contributed by atoms with Crippen molar-refractivity contribution in [2.45, 2.75) is 44.3 Å². The molecule has 1 atom stereocenters. The van der Waals surface area contributed by atoms with Gasteiger partial charge in [0.25, 0.3) is 5.91 Å². The third-order valence-electron chi connectivity index (χ3n) is 6.69. The topological polar surface area (TPSA) is 79.3 Å². The van der Waals surface area contributed by atoms with Gasteiger partial charge < -0.3 is 19.5 Å². The van der Waals surface area contributed by atoms with E-state index in [1.165, 1.54) is 0 Å². The molecule has 1 spiro atoms. The lowest BCUT2D eigenvalue weighted by Crippen LogP contribution is -2.45. The van der Waals surface area contributed by atoms with E-state index in [2.05, 4.69) is 4.90 Å². The highest BCUT2D eigenvalue weighted by atomic mass is 16.6. The summed E-state index contributed by atoms with van der Waals surface area (Å²) in [4.78, 5) is 29.6. The van der Waals surface area contributed by atoms with E-state index < -0.39 is 5.41 Å². The molecule has 3 heterocycles. The van der Waals surface area contributed by atoms with Gasteiger partial charge in [0.05, 0.1) is 18.6 Å². The summed E-state index contributed by atoms with van der Waals surface area (Å²) in [6.07, 6.45) is 3.34. The Balaban J connectivity index is 1.32. The lowest BCUT2D eigenvalue weighted by molar-refractivity contribution is -0.151. The molecule has 1 aromatic rings. The molecule has 3 aliphatic heterocycles. The molecular formula is C22H30N2O5. The second-order valence-corrected chi connectivity index (χ2v) is 8.56. The maximum absolute atomic E-state index is 12.8. The van der Waals surface area contributed by atoms with Gasteiger partial charge in [-0.25, -0.2) is 0 Å². The van der Waals surface area contributed by atoms with Gasteiger partial charge in [-0.15, -0.1) is 0 Å². The van der Waals surface area contributed by atoms with Gasteiger partial charge in [-0.1, -0.05) is 0 Å². The van der Waals surface area contributed by atoms with Gasteiger partial charge in [-0.2, -0.15) is 0 Å². The molecule has 7 heteroatoms. The smallest absolute Gasteiger partial charge is 0.312 e. The predicted molar refractivity (Wildman–Crippen MR) is 107 cm³/mol. The Labute approximate surface area is 171 Å². The first kappa shape index (κ1) is 20.2. The molecule has 1 amide bonds. The van der Waals surface area contributed by atoms with E-state index in [-0.39, 0.29) is 24.1 Å². The van der Waals surface area contributed by atoms with Crippen LogP contribution in [-0.4, -0.2) is 78.8 Å². The van der Waals surface area contributed by atoms with E-state index in [1.54, 1.807) is 31.4 Å². The fourth-order valence-electron chi connectivity index (χ4n) is 4.79. The van der Waals surface area contributed by atoms with Gasteiger partial charge in [-0.3, -0.25) is 14.5 Å². The number of aliphatic hydroxyl groups excluding tert-OH is 1. The minimum atomic E-state index is -0.448. The zero-order valence-corrected chi connectivity index (χ0v) is 17.0. The van der Waals surface area contributed by atoms with Gasteiger partial charge >= 0.3 is 5.97 Å². The largest absolute Gasteiger partial charge is 0.497 e. The number of aliphatic hydroxyl groups is 1. The average molecular weight is 402 g/mol. The number of cyclic esters (lactones) is 1. The first-order valence-electron chi connectivity index (χ1n) is 10.5. The minimum absolute atomic E-state index is 0.00251. The Morgan fingerprint density at radius 2 is 1.83 bits per heavy atom. The first-order valence-corrected chi connectivity index (χ1v) is 10.5. The van der Waals surface area contributed by atoms with Crippen molar-refractivity contribution in [3.05, 3.63) is 29.8 Å². The van der Waals surface area contributed by atoms with Gasteiger partial charge in [0.1, 0.15) is 11.9 Å². The molecule has 3 fully saturated rings. The number of ether oxygens (including phenoxy) is 2. The number of carbonyl (C=O) groups excluding carboxylic acids is 2. The highest BCUT2D eigenvalue weighted by Gasteiger charge is 2.51. The summed E-state index contributed by atoms with van der Waals surface area (Å²) in [6.45, 7) is 3.60. The number of benzene rings is 1. The van der Waals surface area contributed by atoms with Crippen LogP contribution in [0.3, 0.4) is 0 Å². The van der Waals surface area contributed by atoms with E-state index in [4.69, 9.17) is 9.47 Å². The standard InChI is InChI=1S/C22H30N2O5/c1-28-18-4-2-16(3-5-18)20(26)24-12-8-22(9-13-24)14-19(29-21(22)27)15-23-10-6-17(25)7-11-23/h2-5,17,19,25H,6-15H2,1H3. The zero-order valence-electron chi connectivity index (χ0n) is 17.0. The molecular weight excluding hydrogens is 372 g/mol. The van der Waals surface area contributed by atoms with Crippen molar-refractivity contribution in [2.75, 3.05) is 39.8 Å². The average Bonchev–Trinajstić information content (AvgIpc) is 3.04. The van der Waals surface area contributed by atoms with Crippen LogP contribution in [0.1, 0.15) is 42.5 Å². The molecule has 1 N–H and O–H groups in total. The van der Waals surface area contributed by atoms with Crippen LogP contribution in [0.4, 0.5) is 0 Å². The molecule has 0 bridgehead atoms. The molecule has 0 radical (unpaired) electrons. The maximum atomic E-state index is 12.8. The van der Waals surface area contributed by atoms with Gasteiger partial charge in [0.15, 0.2) is 0 Å². The number of nitrogens with zero attached hydrogens (tertiary/aromatic N) is 2. The molecule has 3 saturated heterocycles. The first-order chi connectivity index (χ1) is 14.0. The normalized spacial score (nSPS) is 25.2. The summed E-state index contributed by atoms with van der Waals surface area (Å²) in [6, 6.07) is 7.14. The lowest BCUT2D eigenvalue weighted by atomic mass is 9.76. The summed E-state index contributed by atoms with van der Waals surface area (Å²) in [7, 11) is 1.60. The number of likely N-dealkylation sites (tertiary alicyclic amines) is 2. The van der Waals surface area contributed by atoms with Crippen molar-refractivity contribution in [3.8, 4) is 5.75 Å². The van der Waals surface area contributed by atoms with Crippen LogP contribution >= 0.6 is 0 Å². The van der Waals surface area contributed by atoms with Crippen LogP contribution in [0.15, 0.2) is 24.3 Å². The number of hydrogen-bond acceptors (Lipinski definition) is 6.